The van der Waals surface area contributed by atoms with Crippen LogP contribution in [0.2, 0.25) is 0 Å². The number of para-hydroxylation sites is 1. The molecule has 2 saturated heterocycles. The maximum atomic E-state index is 12.4. The minimum absolute atomic E-state index is 0.0309. The number of anilines is 1. The molecule has 0 unspecified atom stereocenters. The van der Waals surface area contributed by atoms with Crippen LogP contribution in [0.3, 0.4) is 0 Å². The van der Waals surface area contributed by atoms with Crippen molar-refractivity contribution in [3.05, 3.63) is 30.3 Å². The standard InChI is InChI=1S/C15H12N4O6/c1-2-16-10(20)11(21)17(14(16)24)8-18-12(22)13(23)19(15(18)25)9-6-4-3-5-7-9/h3-7H,2,8H2,1H3. The van der Waals surface area contributed by atoms with E-state index in [1.54, 1.807) is 18.2 Å². The summed E-state index contributed by atoms with van der Waals surface area (Å²) in [6.45, 7) is 0.670. The van der Waals surface area contributed by atoms with Crippen LogP contribution in [0.15, 0.2) is 30.3 Å². The Bertz CT molecular complexity index is 821. The van der Waals surface area contributed by atoms with Gasteiger partial charge in [-0.3, -0.25) is 24.1 Å². The third-order valence-electron chi connectivity index (χ3n) is 3.80. The lowest BCUT2D eigenvalue weighted by molar-refractivity contribution is -0.145. The molecule has 3 rings (SSSR count). The van der Waals surface area contributed by atoms with Gasteiger partial charge < -0.3 is 0 Å². The van der Waals surface area contributed by atoms with Gasteiger partial charge in [-0.1, -0.05) is 18.2 Å². The topological polar surface area (TPSA) is 115 Å². The number of nitrogens with zero attached hydrogens (tertiary/aromatic N) is 4. The minimum Gasteiger partial charge on any atom is -0.263 e. The van der Waals surface area contributed by atoms with Crippen molar-refractivity contribution < 1.29 is 28.8 Å². The van der Waals surface area contributed by atoms with Gasteiger partial charge >= 0.3 is 35.7 Å². The van der Waals surface area contributed by atoms with Crippen molar-refractivity contribution in [3.63, 3.8) is 0 Å². The van der Waals surface area contributed by atoms with Crippen molar-refractivity contribution in [1.82, 2.24) is 14.7 Å². The van der Waals surface area contributed by atoms with Gasteiger partial charge in [0.25, 0.3) is 0 Å². The van der Waals surface area contributed by atoms with Crippen LogP contribution in [-0.2, 0) is 19.2 Å². The zero-order chi connectivity index (χ0) is 18.3. The lowest BCUT2D eigenvalue weighted by Crippen LogP contribution is -2.45. The largest absolute Gasteiger partial charge is 0.340 e. The molecule has 0 saturated carbocycles. The summed E-state index contributed by atoms with van der Waals surface area (Å²) in [6.07, 6.45) is 0. The van der Waals surface area contributed by atoms with Crippen LogP contribution in [0.1, 0.15) is 6.92 Å². The van der Waals surface area contributed by atoms with Crippen LogP contribution in [0, 0.1) is 0 Å². The molecule has 1 aromatic rings. The van der Waals surface area contributed by atoms with Crippen LogP contribution in [0.4, 0.5) is 15.3 Å². The summed E-state index contributed by atoms with van der Waals surface area (Å²) in [5.41, 5.74) is 0.179. The predicted octanol–water partition coefficient (Wildman–Crippen LogP) is -0.250. The summed E-state index contributed by atoms with van der Waals surface area (Å²) in [6, 6.07) is 5.80. The first-order valence-electron chi connectivity index (χ1n) is 7.30. The van der Waals surface area contributed by atoms with Gasteiger partial charge in [0, 0.05) is 6.54 Å². The number of amides is 8. The minimum atomic E-state index is -1.18. The van der Waals surface area contributed by atoms with Crippen molar-refractivity contribution in [2.75, 3.05) is 18.1 Å². The quantitative estimate of drug-likeness (QED) is 0.549. The van der Waals surface area contributed by atoms with Crippen molar-refractivity contribution in [2.24, 2.45) is 0 Å². The molecule has 25 heavy (non-hydrogen) atoms. The van der Waals surface area contributed by atoms with Gasteiger partial charge in [-0.25, -0.2) is 24.3 Å². The van der Waals surface area contributed by atoms with E-state index in [1.807, 2.05) is 0 Å². The van der Waals surface area contributed by atoms with Crippen LogP contribution in [-0.4, -0.2) is 63.6 Å². The number of hydrogen-bond donors (Lipinski definition) is 0. The fourth-order valence-electron chi connectivity index (χ4n) is 2.53. The highest BCUT2D eigenvalue weighted by atomic mass is 16.2. The number of rotatable bonds is 4. The Kier molecular flexibility index (Phi) is 3.79. The highest BCUT2D eigenvalue weighted by molar-refractivity contribution is 6.53. The van der Waals surface area contributed by atoms with Gasteiger partial charge in [0.15, 0.2) is 0 Å². The number of hydrogen-bond acceptors (Lipinski definition) is 6. The third kappa shape index (κ3) is 2.35. The molecule has 128 valence electrons. The van der Waals surface area contributed by atoms with Crippen LogP contribution in [0.5, 0.6) is 0 Å². The average Bonchev–Trinajstić information content (AvgIpc) is 2.94. The molecule has 0 spiro atoms. The monoisotopic (exact) mass is 344 g/mol. The van der Waals surface area contributed by atoms with Crippen molar-refractivity contribution in [2.45, 2.75) is 6.92 Å². The molecule has 10 heteroatoms. The molecule has 2 fully saturated rings. The molecule has 2 aliphatic heterocycles. The lowest BCUT2D eigenvalue weighted by Gasteiger charge is -2.20. The molecule has 2 aliphatic rings. The Morgan fingerprint density at radius 1 is 0.680 bits per heavy atom. The van der Waals surface area contributed by atoms with Crippen molar-refractivity contribution in [3.8, 4) is 0 Å². The highest BCUT2D eigenvalue weighted by Gasteiger charge is 2.50. The molecular formula is C15H12N4O6. The fourth-order valence-corrected chi connectivity index (χ4v) is 2.53. The second-order valence-electron chi connectivity index (χ2n) is 5.20. The predicted molar refractivity (Wildman–Crippen MR) is 80.7 cm³/mol. The maximum absolute atomic E-state index is 12.4. The Morgan fingerprint density at radius 2 is 1.20 bits per heavy atom. The molecular weight excluding hydrogens is 332 g/mol. The summed E-state index contributed by atoms with van der Waals surface area (Å²) in [5.74, 6) is -4.48. The van der Waals surface area contributed by atoms with Gasteiger partial charge in [-0.15, -0.1) is 0 Å². The molecule has 0 radical (unpaired) electrons. The molecule has 8 amide bonds. The Morgan fingerprint density at radius 3 is 1.76 bits per heavy atom. The summed E-state index contributed by atoms with van der Waals surface area (Å²) in [7, 11) is 0. The SMILES string of the molecule is CCN1C(=O)C(=O)N(CN2C(=O)C(=O)N(c3ccccc3)C2=O)C1=O. The summed E-state index contributed by atoms with van der Waals surface area (Å²) >= 11 is 0. The summed E-state index contributed by atoms with van der Waals surface area (Å²) in [4.78, 5) is 74.5. The van der Waals surface area contributed by atoms with Crippen molar-refractivity contribution >= 4 is 41.4 Å². The Hall–Kier alpha value is -3.56. The summed E-state index contributed by atoms with van der Waals surface area (Å²) < 4.78 is 0. The highest BCUT2D eigenvalue weighted by Crippen LogP contribution is 2.23. The van der Waals surface area contributed by atoms with E-state index in [9.17, 15) is 28.8 Å². The fraction of sp³-hybridized carbons (Fsp3) is 0.200. The average molecular weight is 344 g/mol. The summed E-state index contributed by atoms with van der Waals surface area (Å²) in [5, 5.41) is 0. The van der Waals surface area contributed by atoms with E-state index >= 15 is 0 Å². The Labute approximate surface area is 141 Å². The number of carbonyl (C=O) groups is 6. The van der Waals surface area contributed by atoms with E-state index in [1.165, 1.54) is 19.1 Å². The molecule has 0 N–H and O–H groups in total. The maximum Gasteiger partial charge on any atom is 0.340 e. The van der Waals surface area contributed by atoms with Gasteiger partial charge in [-0.2, -0.15) is 0 Å². The van der Waals surface area contributed by atoms with Gasteiger partial charge in [0.1, 0.15) is 6.67 Å². The first-order valence-corrected chi connectivity index (χ1v) is 7.30. The molecule has 0 aliphatic carbocycles. The number of likely N-dealkylation sites (N-methyl/N-ethyl adjacent to an activating group) is 1. The van der Waals surface area contributed by atoms with E-state index in [0.29, 0.717) is 19.6 Å². The van der Waals surface area contributed by atoms with E-state index < -0.39 is 42.4 Å². The number of carbonyl (C=O) groups excluding carboxylic acids is 6. The van der Waals surface area contributed by atoms with E-state index in [-0.39, 0.29) is 12.2 Å². The van der Waals surface area contributed by atoms with E-state index in [4.69, 9.17) is 0 Å². The molecule has 0 aromatic heterocycles. The number of urea groups is 2. The smallest absolute Gasteiger partial charge is 0.263 e. The second-order valence-corrected chi connectivity index (χ2v) is 5.20. The van der Waals surface area contributed by atoms with E-state index in [2.05, 4.69) is 0 Å². The van der Waals surface area contributed by atoms with Crippen LogP contribution >= 0.6 is 0 Å². The molecule has 0 bridgehead atoms. The zero-order valence-electron chi connectivity index (χ0n) is 13.0. The first-order chi connectivity index (χ1) is 11.9. The molecule has 2 heterocycles. The van der Waals surface area contributed by atoms with E-state index in [0.717, 1.165) is 0 Å². The van der Waals surface area contributed by atoms with Gasteiger partial charge in [0.05, 0.1) is 5.69 Å². The lowest BCUT2D eigenvalue weighted by atomic mass is 10.3. The molecule has 10 nitrogen and oxygen atoms in total. The van der Waals surface area contributed by atoms with Crippen LogP contribution in [0.25, 0.3) is 0 Å². The Balaban J connectivity index is 1.87. The number of benzene rings is 1. The molecule has 1 aromatic carbocycles. The van der Waals surface area contributed by atoms with Crippen molar-refractivity contribution in [1.29, 1.82) is 0 Å². The normalized spacial score (nSPS) is 18.3. The third-order valence-corrected chi connectivity index (χ3v) is 3.80. The first kappa shape index (κ1) is 16.3. The van der Waals surface area contributed by atoms with Gasteiger partial charge in [0.2, 0.25) is 0 Å². The molecule has 0 atom stereocenters. The zero-order valence-corrected chi connectivity index (χ0v) is 13.0. The van der Waals surface area contributed by atoms with Crippen LogP contribution < -0.4 is 4.90 Å². The second kappa shape index (κ2) is 5.82. The number of imide groups is 4. The van der Waals surface area contributed by atoms with Gasteiger partial charge in [-0.05, 0) is 19.1 Å².